The summed E-state index contributed by atoms with van der Waals surface area (Å²) in [6.45, 7) is 1.46. The topological polar surface area (TPSA) is 69.8 Å². The van der Waals surface area contributed by atoms with E-state index in [1.54, 1.807) is 4.90 Å². The molecule has 1 amide bonds. The molecule has 0 bridgehead atoms. The minimum absolute atomic E-state index is 0.107. The van der Waals surface area contributed by atoms with Gasteiger partial charge in [0.1, 0.15) is 0 Å². The van der Waals surface area contributed by atoms with Gasteiger partial charge in [0.05, 0.1) is 6.10 Å². The van der Waals surface area contributed by atoms with E-state index in [0.717, 1.165) is 13.0 Å². The highest BCUT2D eigenvalue weighted by Crippen LogP contribution is 2.26. The van der Waals surface area contributed by atoms with Crippen LogP contribution in [0.5, 0.6) is 0 Å². The maximum atomic E-state index is 12.7. The number of aliphatic hydroxyl groups is 1. The molecule has 0 aromatic heterocycles. The summed E-state index contributed by atoms with van der Waals surface area (Å²) >= 11 is 0. The summed E-state index contributed by atoms with van der Waals surface area (Å²) in [5.41, 5.74) is 8.24. The third kappa shape index (κ3) is 4.77. The molecule has 0 spiro atoms. The van der Waals surface area contributed by atoms with Gasteiger partial charge in [0.25, 0.3) is 0 Å². The molecule has 1 fully saturated rings. The van der Waals surface area contributed by atoms with Gasteiger partial charge in [0, 0.05) is 32.1 Å². The Kier molecular flexibility index (Phi) is 6.16. The highest BCUT2D eigenvalue weighted by Gasteiger charge is 2.32. The number of hydrogen-bond acceptors (Lipinski definition) is 4. The van der Waals surface area contributed by atoms with Gasteiger partial charge < -0.3 is 20.6 Å². The summed E-state index contributed by atoms with van der Waals surface area (Å²) in [5.74, 6) is -0.00795. The van der Waals surface area contributed by atoms with Crippen LogP contribution in [0.3, 0.4) is 0 Å². The van der Waals surface area contributed by atoms with Crippen LogP contribution in [0, 0.1) is 5.92 Å². The van der Waals surface area contributed by atoms with Crippen molar-refractivity contribution in [3.05, 3.63) is 35.4 Å². The lowest BCUT2D eigenvalue weighted by molar-refractivity contribution is -0.137. The molecule has 0 heterocycles. The monoisotopic (exact) mass is 319 g/mol. The van der Waals surface area contributed by atoms with Crippen molar-refractivity contribution in [2.75, 3.05) is 21.1 Å². The summed E-state index contributed by atoms with van der Waals surface area (Å²) in [4.78, 5) is 16.6. The van der Waals surface area contributed by atoms with Gasteiger partial charge in [0.2, 0.25) is 5.91 Å². The lowest BCUT2D eigenvalue weighted by atomic mass is 9.83. The maximum Gasteiger partial charge on any atom is 0.225 e. The van der Waals surface area contributed by atoms with Gasteiger partial charge in [0.15, 0.2) is 0 Å². The van der Waals surface area contributed by atoms with Crippen molar-refractivity contribution in [2.24, 2.45) is 11.7 Å². The van der Waals surface area contributed by atoms with E-state index in [1.807, 2.05) is 33.3 Å². The van der Waals surface area contributed by atoms with E-state index >= 15 is 0 Å². The molecule has 5 nitrogen and oxygen atoms in total. The molecule has 0 radical (unpaired) electrons. The fourth-order valence-electron chi connectivity index (χ4n) is 3.25. The third-order valence-corrected chi connectivity index (χ3v) is 4.61. The van der Waals surface area contributed by atoms with Gasteiger partial charge in [-0.3, -0.25) is 4.79 Å². The number of carbonyl (C=O) groups excluding carboxylic acids is 1. The summed E-state index contributed by atoms with van der Waals surface area (Å²) in [6.07, 6.45) is 1.39. The Hall–Kier alpha value is -1.43. The third-order valence-electron chi connectivity index (χ3n) is 4.61. The van der Waals surface area contributed by atoms with E-state index in [4.69, 9.17) is 5.73 Å². The number of nitrogens with two attached hydrogens (primary N) is 1. The predicted molar refractivity (Wildman–Crippen MR) is 91.6 cm³/mol. The average Bonchev–Trinajstić information content (AvgIpc) is 2.50. The van der Waals surface area contributed by atoms with Crippen molar-refractivity contribution in [3.8, 4) is 0 Å². The van der Waals surface area contributed by atoms with Crippen molar-refractivity contribution < 1.29 is 9.90 Å². The molecular formula is C18H29N3O2. The Morgan fingerprint density at radius 3 is 2.35 bits per heavy atom. The molecule has 1 aromatic carbocycles. The van der Waals surface area contributed by atoms with Crippen molar-refractivity contribution in [2.45, 2.75) is 44.5 Å². The van der Waals surface area contributed by atoms with Crippen molar-refractivity contribution in [1.29, 1.82) is 0 Å². The van der Waals surface area contributed by atoms with E-state index in [1.165, 1.54) is 11.1 Å². The zero-order valence-electron chi connectivity index (χ0n) is 14.4. The highest BCUT2D eigenvalue weighted by molar-refractivity contribution is 5.78. The number of benzene rings is 1. The second-order valence-corrected chi connectivity index (χ2v) is 6.94. The van der Waals surface area contributed by atoms with Crippen LogP contribution in [-0.2, 0) is 17.9 Å². The number of amides is 1. The first-order valence-electron chi connectivity index (χ1n) is 8.28. The zero-order chi connectivity index (χ0) is 17.0. The van der Waals surface area contributed by atoms with Crippen LogP contribution in [0.2, 0.25) is 0 Å². The van der Waals surface area contributed by atoms with Gasteiger partial charge in [-0.15, -0.1) is 0 Å². The average molecular weight is 319 g/mol. The molecule has 23 heavy (non-hydrogen) atoms. The Bertz CT molecular complexity index is 533. The van der Waals surface area contributed by atoms with Gasteiger partial charge >= 0.3 is 0 Å². The second-order valence-electron chi connectivity index (χ2n) is 6.94. The van der Waals surface area contributed by atoms with E-state index in [-0.39, 0.29) is 17.9 Å². The minimum Gasteiger partial charge on any atom is -0.391 e. The SMILES string of the molecule is CN(C)Cc1ccccc1CN(C)C(=O)[C@H]1CC[C@H](N)[C@@H](O)C1. The molecule has 3 atom stereocenters. The molecule has 1 aliphatic rings. The zero-order valence-corrected chi connectivity index (χ0v) is 14.4. The Balaban J connectivity index is 2.01. The van der Waals surface area contributed by atoms with Crippen LogP contribution in [0.4, 0.5) is 0 Å². The van der Waals surface area contributed by atoms with Crippen molar-refractivity contribution in [3.63, 3.8) is 0 Å². The standard InChI is InChI=1S/C18H29N3O2/c1-20(2)11-14-6-4-5-7-15(14)12-21(3)18(23)13-8-9-16(19)17(22)10-13/h4-7,13,16-17,22H,8-12,19H2,1-3H3/t13-,16-,17-/m0/s1. The normalized spacial score (nSPS) is 24.7. The number of carbonyl (C=O) groups is 1. The lowest BCUT2D eigenvalue weighted by Gasteiger charge is -2.32. The van der Waals surface area contributed by atoms with Gasteiger partial charge in [-0.1, -0.05) is 24.3 Å². The Labute approximate surface area is 139 Å². The van der Waals surface area contributed by atoms with Gasteiger partial charge in [-0.05, 0) is 44.5 Å². The fraction of sp³-hybridized carbons (Fsp3) is 0.611. The van der Waals surface area contributed by atoms with Crippen LogP contribution in [-0.4, -0.2) is 54.1 Å². The number of rotatable bonds is 5. The van der Waals surface area contributed by atoms with E-state index in [2.05, 4.69) is 17.0 Å². The number of hydrogen-bond donors (Lipinski definition) is 2. The van der Waals surface area contributed by atoms with Crippen molar-refractivity contribution in [1.82, 2.24) is 9.80 Å². The molecule has 1 saturated carbocycles. The second kappa shape index (κ2) is 7.90. The smallest absolute Gasteiger partial charge is 0.225 e. The largest absolute Gasteiger partial charge is 0.391 e. The Morgan fingerprint density at radius 2 is 1.78 bits per heavy atom. The van der Waals surface area contributed by atoms with Crippen LogP contribution in [0.25, 0.3) is 0 Å². The quantitative estimate of drug-likeness (QED) is 0.855. The molecule has 128 valence electrons. The van der Waals surface area contributed by atoms with Crippen LogP contribution in [0.15, 0.2) is 24.3 Å². The molecule has 1 aliphatic carbocycles. The summed E-state index contributed by atoms with van der Waals surface area (Å²) in [5, 5.41) is 9.91. The maximum absolute atomic E-state index is 12.7. The van der Waals surface area contributed by atoms with E-state index in [9.17, 15) is 9.90 Å². The summed E-state index contributed by atoms with van der Waals surface area (Å²) in [7, 11) is 5.92. The highest BCUT2D eigenvalue weighted by atomic mass is 16.3. The van der Waals surface area contributed by atoms with Crippen LogP contribution < -0.4 is 5.73 Å². The molecule has 0 unspecified atom stereocenters. The predicted octanol–water partition coefficient (Wildman–Crippen LogP) is 1.19. The number of nitrogens with zero attached hydrogens (tertiary/aromatic N) is 2. The first-order valence-corrected chi connectivity index (χ1v) is 8.28. The van der Waals surface area contributed by atoms with Crippen LogP contribution in [0.1, 0.15) is 30.4 Å². The lowest BCUT2D eigenvalue weighted by Crippen LogP contribution is -2.44. The fourth-order valence-corrected chi connectivity index (χ4v) is 3.25. The van der Waals surface area contributed by atoms with Crippen molar-refractivity contribution >= 4 is 5.91 Å². The number of aliphatic hydroxyl groups excluding tert-OH is 1. The van der Waals surface area contributed by atoms with E-state index in [0.29, 0.717) is 19.4 Å². The van der Waals surface area contributed by atoms with Gasteiger partial charge in [-0.2, -0.15) is 0 Å². The first-order chi connectivity index (χ1) is 10.9. The molecule has 5 heteroatoms. The first kappa shape index (κ1) is 17.9. The molecular weight excluding hydrogens is 290 g/mol. The van der Waals surface area contributed by atoms with E-state index < -0.39 is 6.10 Å². The summed E-state index contributed by atoms with van der Waals surface area (Å²) < 4.78 is 0. The molecule has 2 rings (SSSR count). The molecule has 0 aliphatic heterocycles. The summed E-state index contributed by atoms with van der Waals surface area (Å²) in [6, 6.07) is 8.04. The molecule has 0 saturated heterocycles. The Morgan fingerprint density at radius 1 is 1.17 bits per heavy atom. The molecule has 1 aromatic rings. The minimum atomic E-state index is -0.563. The molecule has 3 N–H and O–H groups in total. The van der Waals surface area contributed by atoms with Gasteiger partial charge in [-0.25, -0.2) is 0 Å². The van der Waals surface area contributed by atoms with Crippen LogP contribution >= 0.6 is 0 Å².